The zero-order valence-electron chi connectivity index (χ0n) is 15.6. The fourth-order valence-corrected chi connectivity index (χ4v) is 5.44. The second-order valence-electron chi connectivity index (χ2n) is 6.34. The topological polar surface area (TPSA) is 50.3 Å². The lowest BCUT2D eigenvalue weighted by atomic mass is 10.2. The summed E-state index contributed by atoms with van der Waals surface area (Å²) in [7, 11) is -3.49. The van der Waals surface area contributed by atoms with Crippen molar-refractivity contribution < 1.29 is 8.42 Å². The van der Waals surface area contributed by atoms with Gasteiger partial charge in [-0.3, -0.25) is 0 Å². The van der Waals surface area contributed by atoms with E-state index in [2.05, 4.69) is 0 Å². The first-order valence-electron chi connectivity index (χ1n) is 9.17. The van der Waals surface area contributed by atoms with E-state index in [9.17, 15) is 8.42 Å². The number of aromatic nitrogens is 1. The molecule has 0 aliphatic heterocycles. The predicted molar refractivity (Wildman–Crippen MR) is 112 cm³/mol. The van der Waals surface area contributed by atoms with Crippen LogP contribution in [0.15, 0.2) is 64.9 Å². The standard InChI is InChI=1S/C21H24N2O2S2/c1-3-13-23(14-4-2)27(24,25)19-12-8-11-18(15-19)20-16-26-21(22-20)17-9-6-5-7-10-17/h5-12,15-16H,3-4,13-14H2,1-2H3. The van der Waals surface area contributed by atoms with Gasteiger partial charge in [0, 0.05) is 29.6 Å². The van der Waals surface area contributed by atoms with Gasteiger partial charge in [0.25, 0.3) is 0 Å². The number of nitrogens with zero attached hydrogens (tertiary/aromatic N) is 2. The van der Waals surface area contributed by atoms with Crippen molar-refractivity contribution in [2.45, 2.75) is 31.6 Å². The van der Waals surface area contributed by atoms with E-state index in [0.717, 1.165) is 34.7 Å². The fourth-order valence-electron chi connectivity index (χ4n) is 2.94. The molecule has 0 saturated carbocycles. The van der Waals surface area contributed by atoms with Crippen molar-refractivity contribution in [2.24, 2.45) is 0 Å². The molecular weight excluding hydrogens is 376 g/mol. The van der Waals surface area contributed by atoms with Crippen LogP contribution in [0.2, 0.25) is 0 Å². The molecule has 27 heavy (non-hydrogen) atoms. The van der Waals surface area contributed by atoms with Gasteiger partial charge in [-0.15, -0.1) is 11.3 Å². The summed E-state index contributed by atoms with van der Waals surface area (Å²) in [5.74, 6) is 0. The molecule has 0 aliphatic carbocycles. The monoisotopic (exact) mass is 400 g/mol. The normalized spacial score (nSPS) is 11.8. The van der Waals surface area contributed by atoms with Crippen molar-refractivity contribution in [1.82, 2.24) is 9.29 Å². The molecule has 1 heterocycles. The first-order chi connectivity index (χ1) is 13.1. The molecule has 0 bridgehead atoms. The van der Waals surface area contributed by atoms with Crippen LogP contribution in [0, 0.1) is 0 Å². The van der Waals surface area contributed by atoms with E-state index in [4.69, 9.17) is 4.98 Å². The molecule has 0 unspecified atom stereocenters. The summed E-state index contributed by atoms with van der Waals surface area (Å²) in [5.41, 5.74) is 2.69. The number of thiazole rings is 1. The SMILES string of the molecule is CCCN(CCC)S(=O)(=O)c1cccc(-c2csc(-c3ccccc3)n2)c1. The minimum Gasteiger partial charge on any atom is -0.236 e. The zero-order chi connectivity index (χ0) is 19.3. The molecule has 0 aliphatic rings. The van der Waals surface area contributed by atoms with E-state index in [0.29, 0.717) is 18.0 Å². The van der Waals surface area contributed by atoms with Crippen molar-refractivity contribution in [3.8, 4) is 21.8 Å². The van der Waals surface area contributed by atoms with E-state index >= 15 is 0 Å². The molecule has 1 aromatic heterocycles. The molecule has 142 valence electrons. The van der Waals surface area contributed by atoms with Crippen molar-refractivity contribution in [3.63, 3.8) is 0 Å². The largest absolute Gasteiger partial charge is 0.243 e. The Labute approximate surface area is 165 Å². The second kappa shape index (κ2) is 8.78. The highest BCUT2D eigenvalue weighted by Gasteiger charge is 2.23. The van der Waals surface area contributed by atoms with Crippen LogP contribution in [-0.4, -0.2) is 30.8 Å². The lowest BCUT2D eigenvalue weighted by molar-refractivity contribution is 0.410. The minimum atomic E-state index is -3.49. The van der Waals surface area contributed by atoms with Crippen LogP contribution in [0.1, 0.15) is 26.7 Å². The minimum absolute atomic E-state index is 0.330. The predicted octanol–water partition coefficient (Wildman–Crippen LogP) is 5.29. The Hall–Kier alpha value is -2.02. The first-order valence-corrected chi connectivity index (χ1v) is 11.5. The third kappa shape index (κ3) is 4.46. The smallest absolute Gasteiger partial charge is 0.236 e. The van der Waals surface area contributed by atoms with Gasteiger partial charge in [0.05, 0.1) is 10.6 Å². The lowest BCUT2D eigenvalue weighted by Crippen LogP contribution is -2.32. The van der Waals surface area contributed by atoms with E-state index in [1.54, 1.807) is 33.8 Å². The average Bonchev–Trinajstić information content (AvgIpc) is 3.19. The molecule has 3 rings (SSSR count). The molecule has 0 saturated heterocycles. The van der Waals surface area contributed by atoms with Gasteiger partial charge in [-0.1, -0.05) is 56.3 Å². The number of hydrogen-bond donors (Lipinski definition) is 0. The highest BCUT2D eigenvalue weighted by molar-refractivity contribution is 7.89. The van der Waals surface area contributed by atoms with Crippen LogP contribution in [0.5, 0.6) is 0 Å². The zero-order valence-corrected chi connectivity index (χ0v) is 17.3. The highest BCUT2D eigenvalue weighted by atomic mass is 32.2. The second-order valence-corrected chi connectivity index (χ2v) is 9.13. The molecule has 4 nitrogen and oxygen atoms in total. The average molecular weight is 401 g/mol. The van der Waals surface area contributed by atoms with Crippen LogP contribution in [0.25, 0.3) is 21.8 Å². The van der Waals surface area contributed by atoms with Crippen LogP contribution in [0.3, 0.4) is 0 Å². The van der Waals surface area contributed by atoms with Crippen LogP contribution < -0.4 is 0 Å². The number of benzene rings is 2. The van der Waals surface area contributed by atoms with Gasteiger partial charge in [0.15, 0.2) is 0 Å². The Balaban J connectivity index is 1.93. The molecule has 0 amide bonds. The lowest BCUT2D eigenvalue weighted by Gasteiger charge is -2.21. The Kier molecular flexibility index (Phi) is 6.42. The Morgan fingerprint density at radius 1 is 0.926 bits per heavy atom. The molecule has 0 atom stereocenters. The molecule has 2 aromatic carbocycles. The van der Waals surface area contributed by atoms with E-state index in [-0.39, 0.29) is 0 Å². The van der Waals surface area contributed by atoms with Gasteiger partial charge in [0.2, 0.25) is 10.0 Å². The van der Waals surface area contributed by atoms with E-state index in [1.165, 1.54) is 0 Å². The van der Waals surface area contributed by atoms with Crippen molar-refractivity contribution in [1.29, 1.82) is 0 Å². The number of rotatable bonds is 8. The summed E-state index contributed by atoms with van der Waals surface area (Å²) in [6, 6.07) is 17.1. The van der Waals surface area contributed by atoms with Crippen molar-refractivity contribution >= 4 is 21.4 Å². The Bertz CT molecular complexity index is 976. The maximum Gasteiger partial charge on any atom is 0.243 e. The molecule has 3 aromatic rings. The van der Waals surface area contributed by atoms with Gasteiger partial charge in [-0.25, -0.2) is 13.4 Å². The summed E-state index contributed by atoms with van der Waals surface area (Å²) in [6.45, 7) is 5.06. The summed E-state index contributed by atoms with van der Waals surface area (Å²) in [4.78, 5) is 5.03. The van der Waals surface area contributed by atoms with Gasteiger partial charge >= 0.3 is 0 Å². The fraction of sp³-hybridized carbons (Fsp3) is 0.286. The van der Waals surface area contributed by atoms with E-state index < -0.39 is 10.0 Å². The third-order valence-corrected chi connectivity index (χ3v) is 7.02. The van der Waals surface area contributed by atoms with Crippen molar-refractivity contribution in [2.75, 3.05) is 13.1 Å². The van der Waals surface area contributed by atoms with Gasteiger partial charge in [0.1, 0.15) is 5.01 Å². The molecule has 0 radical (unpaired) electrons. The van der Waals surface area contributed by atoms with Gasteiger partial charge in [-0.2, -0.15) is 4.31 Å². The maximum atomic E-state index is 13.0. The molecule has 6 heteroatoms. The maximum absolute atomic E-state index is 13.0. The molecular formula is C21H24N2O2S2. The van der Waals surface area contributed by atoms with Gasteiger partial charge in [-0.05, 0) is 25.0 Å². The number of sulfonamides is 1. The molecule has 0 N–H and O–H groups in total. The Morgan fingerprint density at radius 2 is 1.59 bits per heavy atom. The highest BCUT2D eigenvalue weighted by Crippen LogP contribution is 2.30. The van der Waals surface area contributed by atoms with Crippen LogP contribution >= 0.6 is 11.3 Å². The molecule has 0 spiro atoms. The third-order valence-electron chi connectivity index (χ3n) is 4.24. The Morgan fingerprint density at radius 3 is 2.26 bits per heavy atom. The summed E-state index contributed by atoms with van der Waals surface area (Å²) >= 11 is 1.56. The molecule has 0 fully saturated rings. The van der Waals surface area contributed by atoms with Gasteiger partial charge < -0.3 is 0 Å². The summed E-state index contributed by atoms with van der Waals surface area (Å²) < 4.78 is 27.6. The number of hydrogen-bond acceptors (Lipinski definition) is 4. The summed E-state index contributed by atoms with van der Waals surface area (Å²) in [6.07, 6.45) is 1.59. The summed E-state index contributed by atoms with van der Waals surface area (Å²) in [5, 5.41) is 2.90. The van der Waals surface area contributed by atoms with Crippen molar-refractivity contribution in [3.05, 3.63) is 60.0 Å². The quantitative estimate of drug-likeness (QED) is 0.516. The first kappa shape index (κ1) is 19.7. The van der Waals surface area contributed by atoms with Crippen LogP contribution in [-0.2, 0) is 10.0 Å². The van der Waals surface area contributed by atoms with Crippen LogP contribution in [0.4, 0.5) is 0 Å². The van der Waals surface area contributed by atoms with E-state index in [1.807, 2.05) is 55.6 Å².